The predicted octanol–water partition coefficient (Wildman–Crippen LogP) is 23.8. The first-order valence-electron chi connectivity index (χ1n) is 40.4. The Balaban J connectivity index is 5.44. The minimum atomic E-state index is -5.01. The van der Waals surface area contributed by atoms with Crippen molar-refractivity contribution in [3.8, 4) is 0 Å². The molecule has 0 spiro atoms. The predicted molar refractivity (Wildman–Crippen MR) is 436 cm³/mol. The van der Waals surface area contributed by atoms with E-state index in [4.69, 9.17) is 37.0 Å². The number of phosphoric ester groups is 2. The van der Waals surface area contributed by atoms with E-state index in [2.05, 4.69) is 180 Å². The number of hydrogen-bond donors (Lipinski definition) is 3. The Morgan fingerprint density at radius 2 is 0.519 bits per heavy atom. The molecule has 0 heterocycles. The van der Waals surface area contributed by atoms with Gasteiger partial charge in [-0.1, -0.05) is 281 Å². The lowest BCUT2D eigenvalue weighted by atomic mass is 10.1. The monoisotopic (exact) mass is 1520 g/mol. The highest BCUT2D eigenvalue weighted by Gasteiger charge is 2.30. The normalized spacial score (nSPS) is 14.7. The molecule has 0 radical (unpaired) electrons. The third kappa shape index (κ3) is 76.6. The molecular formula is C87H142O17P2. The van der Waals surface area contributed by atoms with Gasteiger partial charge in [0.15, 0.2) is 12.2 Å². The third-order valence-electron chi connectivity index (χ3n) is 16.2. The summed E-state index contributed by atoms with van der Waals surface area (Å²) in [6.07, 6.45) is 92.1. The van der Waals surface area contributed by atoms with Crippen LogP contribution < -0.4 is 0 Å². The fourth-order valence-corrected chi connectivity index (χ4v) is 11.6. The molecule has 17 nitrogen and oxygen atoms in total. The van der Waals surface area contributed by atoms with E-state index in [0.29, 0.717) is 32.1 Å². The largest absolute Gasteiger partial charge is 0.472 e. The van der Waals surface area contributed by atoms with Crippen LogP contribution in [0.3, 0.4) is 0 Å². The van der Waals surface area contributed by atoms with Crippen molar-refractivity contribution in [1.82, 2.24) is 0 Å². The summed E-state index contributed by atoms with van der Waals surface area (Å²) in [5.74, 6) is -2.33. The Bertz CT molecular complexity index is 2680. The van der Waals surface area contributed by atoms with E-state index >= 15 is 0 Å². The number of aliphatic hydroxyl groups excluding tert-OH is 1. The first kappa shape index (κ1) is 100. The van der Waals surface area contributed by atoms with E-state index in [1.807, 2.05) is 18.2 Å². The molecule has 5 atom stereocenters. The van der Waals surface area contributed by atoms with Crippen LogP contribution in [0.25, 0.3) is 0 Å². The molecule has 19 heteroatoms. The fourth-order valence-electron chi connectivity index (χ4n) is 10.0. The molecule has 602 valence electrons. The van der Waals surface area contributed by atoms with Crippen LogP contribution in [0.4, 0.5) is 0 Å². The number of carbonyl (C=O) groups excluding carboxylic acids is 4. The molecule has 5 unspecified atom stereocenters. The smallest absolute Gasteiger partial charge is 0.462 e. The van der Waals surface area contributed by atoms with Gasteiger partial charge in [-0.3, -0.25) is 37.3 Å². The fraction of sp³-hybridized carbons (Fsp3) is 0.632. The SMILES string of the molecule is CC/C=C\C/C=C\C/C=C\C/C=C\C/C=C\C/C=C\CCC(=O)OCC(COP(=O)(O)OCC(O)COP(=O)(O)OCC(COC(=O)CCCCCCCC/C=C\C/C=C\C/C=C\CCCCC)OC(=O)CCCCCCC/C=C\CCCC)OC(=O)CCCCCC/C=C\C/C=C\C/C=C\C/C=C\CC. The molecule has 0 bridgehead atoms. The van der Waals surface area contributed by atoms with Gasteiger partial charge in [0.05, 0.1) is 26.4 Å². The Hall–Kier alpha value is -5.58. The zero-order chi connectivity index (χ0) is 77.4. The van der Waals surface area contributed by atoms with Crippen molar-refractivity contribution < 1.29 is 80.2 Å². The minimum absolute atomic E-state index is 0.0242. The number of esters is 4. The molecule has 0 aromatic rings. The molecule has 0 aromatic heterocycles. The average molecular weight is 1520 g/mol. The van der Waals surface area contributed by atoms with Crippen LogP contribution in [-0.4, -0.2) is 96.7 Å². The Kier molecular flexibility index (Phi) is 73.5. The number of unbranched alkanes of at least 4 members (excludes halogenated alkanes) is 20. The van der Waals surface area contributed by atoms with Crippen LogP contribution in [0.2, 0.25) is 0 Å². The van der Waals surface area contributed by atoms with Gasteiger partial charge in [0.1, 0.15) is 19.3 Å². The van der Waals surface area contributed by atoms with Crippen LogP contribution >= 0.6 is 15.6 Å². The van der Waals surface area contributed by atoms with Gasteiger partial charge in [-0.25, -0.2) is 9.13 Å². The maximum Gasteiger partial charge on any atom is 0.472 e. The first-order valence-corrected chi connectivity index (χ1v) is 43.4. The average Bonchev–Trinajstić information content (AvgIpc) is 0.919. The van der Waals surface area contributed by atoms with Crippen LogP contribution in [0.1, 0.15) is 297 Å². The molecule has 106 heavy (non-hydrogen) atoms. The van der Waals surface area contributed by atoms with E-state index in [1.54, 1.807) is 0 Å². The van der Waals surface area contributed by atoms with Gasteiger partial charge in [-0.15, -0.1) is 0 Å². The summed E-state index contributed by atoms with van der Waals surface area (Å²) in [4.78, 5) is 73.0. The number of allylic oxidation sites excluding steroid dienone is 28. The van der Waals surface area contributed by atoms with Crippen molar-refractivity contribution in [2.24, 2.45) is 0 Å². The maximum atomic E-state index is 13.1. The van der Waals surface area contributed by atoms with Crippen molar-refractivity contribution in [3.63, 3.8) is 0 Å². The highest BCUT2D eigenvalue weighted by molar-refractivity contribution is 7.47. The van der Waals surface area contributed by atoms with E-state index in [0.717, 1.165) is 180 Å². The molecule has 0 aromatic carbocycles. The third-order valence-corrected chi connectivity index (χ3v) is 18.1. The summed E-state index contributed by atoms with van der Waals surface area (Å²) in [6, 6.07) is 0. The molecule has 0 rings (SSSR count). The van der Waals surface area contributed by atoms with E-state index in [9.17, 15) is 43.2 Å². The zero-order valence-electron chi connectivity index (χ0n) is 65.8. The van der Waals surface area contributed by atoms with Gasteiger partial charge in [-0.2, -0.15) is 0 Å². The molecule has 0 fully saturated rings. The van der Waals surface area contributed by atoms with Gasteiger partial charge < -0.3 is 33.8 Å². The van der Waals surface area contributed by atoms with Crippen LogP contribution in [-0.2, 0) is 65.4 Å². The lowest BCUT2D eigenvalue weighted by Crippen LogP contribution is -2.30. The summed E-state index contributed by atoms with van der Waals surface area (Å²) in [5, 5.41) is 10.6. The lowest BCUT2D eigenvalue weighted by Gasteiger charge is -2.21. The van der Waals surface area contributed by atoms with Crippen LogP contribution in [0.15, 0.2) is 170 Å². The van der Waals surface area contributed by atoms with Gasteiger partial charge >= 0.3 is 39.5 Å². The summed E-state index contributed by atoms with van der Waals surface area (Å²) in [6.45, 7) is 4.43. The lowest BCUT2D eigenvalue weighted by molar-refractivity contribution is -0.161. The summed E-state index contributed by atoms with van der Waals surface area (Å²) >= 11 is 0. The topological polar surface area (TPSA) is 237 Å². The molecule has 0 aliphatic heterocycles. The van der Waals surface area contributed by atoms with Gasteiger partial charge in [0.25, 0.3) is 0 Å². The molecule has 3 N–H and O–H groups in total. The number of aliphatic hydroxyl groups is 1. The highest BCUT2D eigenvalue weighted by atomic mass is 31.2. The second-order valence-electron chi connectivity index (χ2n) is 26.2. The summed E-state index contributed by atoms with van der Waals surface area (Å²) in [5.41, 5.74) is 0. The molecule has 0 saturated carbocycles. The number of phosphoric acid groups is 2. The summed E-state index contributed by atoms with van der Waals surface area (Å²) < 4.78 is 68.5. The number of ether oxygens (including phenoxy) is 4. The molecule has 0 aliphatic carbocycles. The van der Waals surface area contributed by atoms with E-state index in [1.165, 1.54) is 32.1 Å². The van der Waals surface area contributed by atoms with Crippen LogP contribution in [0, 0.1) is 0 Å². The minimum Gasteiger partial charge on any atom is -0.462 e. The first-order chi connectivity index (χ1) is 51.7. The van der Waals surface area contributed by atoms with Gasteiger partial charge in [-0.05, 0) is 161 Å². The maximum absolute atomic E-state index is 13.1. The zero-order valence-corrected chi connectivity index (χ0v) is 67.6. The molecule has 0 amide bonds. The number of carbonyl (C=O) groups is 4. The standard InChI is InChI=1S/C87H142O17P2/c1-5-9-13-17-21-25-29-32-35-38-40-43-45-48-52-55-59-63-67-71-84(89)97-77-82(103-86(91)73-69-65-61-57-51-28-24-20-16-12-8-4)79-101-105(93,94)99-75-81(88)76-100-106(95,96)102-80-83(104-87(92)74-70-66-62-58-54-50-47-42-37-34-31-27-23-19-15-11-7-3)78-98-85(90)72-68-64-60-56-53-49-46-44-41-39-36-33-30-26-22-18-14-10-6-2/h10-11,14-15,20-27,32-37,40-41,43-44,47,49-50,53,60,64,81-83,88H,5-9,12-13,16-19,28-31,38-39,42,45-46,48,51-52,54-59,61-63,65-80H2,1-4H3,(H,93,94)(H,95,96)/b14-10-,15-11-,24-20-,25-21-,26-22-,27-23-,35-32-,36-33-,37-34-,43-40-,44-41-,50-47-,53-49-,64-60-. The van der Waals surface area contributed by atoms with Crippen molar-refractivity contribution in [2.45, 2.75) is 316 Å². The molecule has 0 saturated heterocycles. The number of rotatable bonds is 74. The Morgan fingerprint density at radius 3 is 0.849 bits per heavy atom. The van der Waals surface area contributed by atoms with Gasteiger partial charge in [0, 0.05) is 25.7 Å². The van der Waals surface area contributed by atoms with E-state index in [-0.39, 0.29) is 25.7 Å². The Labute approximate surface area is 642 Å². The van der Waals surface area contributed by atoms with E-state index < -0.39 is 97.5 Å². The molecule has 0 aliphatic rings. The second kappa shape index (κ2) is 77.6. The molecular weight excluding hydrogens is 1380 g/mol. The Morgan fingerprint density at radius 1 is 0.274 bits per heavy atom. The van der Waals surface area contributed by atoms with Gasteiger partial charge in [0.2, 0.25) is 0 Å². The van der Waals surface area contributed by atoms with Crippen molar-refractivity contribution in [2.75, 3.05) is 39.6 Å². The second-order valence-corrected chi connectivity index (χ2v) is 29.1. The number of hydrogen-bond acceptors (Lipinski definition) is 15. The van der Waals surface area contributed by atoms with Crippen molar-refractivity contribution in [1.29, 1.82) is 0 Å². The van der Waals surface area contributed by atoms with Crippen molar-refractivity contribution in [3.05, 3.63) is 170 Å². The summed E-state index contributed by atoms with van der Waals surface area (Å²) in [7, 11) is -10.0. The van der Waals surface area contributed by atoms with Crippen molar-refractivity contribution >= 4 is 39.5 Å². The quantitative estimate of drug-likeness (QED) is 0.0169. The van der Waals surface area contributed by atoms with Crippen LogP contribution in [0.5, 0.6) is 0 Å². The highest BCUT2D eigenvalue weighted by Crippen LogP contribution is 2.45.